The van der Waals surface area contributed by atoms with Crippen molar-refractivity contribution in [3.63, 3.8) is 0 Å². The first-order valence-corrected chi connectivity index (χ1v) is 14.2. The summed E-state index contributed by atoms with van der Waals surface area (Å²) in [6.07, 6.45) is 6.20. The van der Waals surface area contributed by atoms with Crippen LogP contribution in [0.4, 0.5) is 0 Å². The number of carbonyl (C=O) groups is 1. The summed E-state index contributed by atoms with van der Waals surface area (Å²) in [6, 6.07) is 0. The number of allylic oxidation sites excluding steroid dienone is 1. The fourth-order valence-electron chi connectivity index (χ4n) is 11.0. The third-order valence-electron chi connectivity index (χ3n) is 13.6. The molecular formula is C30H48O6. The molecule has 0 spiro atoms. The maximum Gasteiger partial charge on any atom is 0.310 e. The average molecular weight is 505 g/mol. The van der Waals surface area contributed by atoms with Crippen LogP contribution in [0, 0.1) is 50.7 Å². The van der Waals surface area contributed by atoms with Gasteiger partial charge in [-0.2, -0.15) is 0 Å². The maximum absolute atomic E-state index is 12.8. The van der Waals surface area contributed by atoms with Crippen LogP contribution >= 0.6 is 0 Å². The Morgan fingerprint density at radius 1 is 1.00 bits per heavy atom. The van der Waals surface area contributed by atoms with E-state index in [1.165, 1.54) is 0 Å². The van der Waals surface area contributed by atoms with E-state index in [1.807, 2.05) is 13.8 Å². The molecule has 12 atom stereocenters. The van der Waals surface area contributed by atoms with E-state index in [2.05, 4.69) is 33.8 Å². The van der Waals surface area contributed by atoms with Crippen molar-refractivity contribution in [3.05, 3.63) is 11.6 Å². The lowest BCUT2D eigenvalue weighted by Gasteiger charge is -2.72. The van der Waals surface area contributed by atoms with Crippen LogP contribution in [0.2, 0.25) is 0 Å². The molecule has 6 heteroatoms. The summed E-state index contributed by atoms with van der Waals surface area (Å²) in [7, 11) is 0. The van der Waals surface area contributed by atoms with Crippen LogP contribution < -0.4 is 0 Å². The molecule has 4 fully saturated rings. The standard InChI is InChI=1S/C30H48O6/c1-17-9-12-30(24(34)35)14-13-27(4)18(22(30)29(17,6)36)7-8-21-25(2)15-19(32)23(33)26(3,16-31)20(25)10-11-28(21,27)5/h7,17,19-23,31-33,36H,8-16H2,1-6H3,(H,34,35)/t17-,19-,20+,21-,22-,23-,25+,26+,27-,28-,29-,30+/m1/s1. The summed E-state index contributed by atoms with van der Waals surface area (Å²) in [5.41, 5.74) is -2.28. The Hall–Kier alpha value is -0.950. The number of hydrogen-bond donors (Lipinski definition) is 5. The van der Waals surface area contributed by atoms with Crippen LogP contribution in [-0.4, -0.2) is 55.9 Å². The minimum absolute atomic E-state index is 0.0252. The van der Waals surface area contributed by atoms with E-state index in [0.717, 1.165) is 37.7 Å². The summed E-state index contributed by atoms with van der Waals surface area (Å²) in [4.78, 5) is 12.8. The molecule has 0 saturated heterocycles. The van der Waals surface area contributed by atoms with Crippen molar-refractivity contribution in [2.75, 3.05) is 6.61 Å². The molecule has 5 rings (SSSR count). The summed E-state index contributed by atoms with van der Waals surface area (Å²) in [6.45, 7) is 12.6. The lowest BCUT2D eigenvalue weighted by molar-refractivity contribution is -0.247. The number of fused-ring (bicyclic) bond motifs is 7. The second-order valence-electron chi connectivity index (χ2n) is 14.7. The number of carboxylic acids is 1. The smallest absolute Gasteiger partial charge is 0.310 e. The van der Waals surface area contributed by atoms with Crippen LogP contribution in [0.3, 0.4) is 0 Å². The average Bonchev–Trinajstić information content (AvgIpc) is 2.80. The molecule has 5 aliphatic carbocycles. The van der Waals surface area contributed by atoms with E-state index in [0.29, 0.717) is 19.3 Å². The van der Waals surface area contributed by atoms with Gasteiger partial charge in [-0.3, -0.25) is 4.79 Å². The normalized spacial score (nSPS) is 58.6. The second-order valence-corrected chi connectivity index (χ2v) is 14.7. The van der Waals surface area contributed by atoms with Gasteiger partial charge in [0.15, 0.2) is 0 Å². The Bertz CT molecular complexity index is 974. The summed E-state index contributed by atoms with van der Waals surface area (Å²) < 4.78 is 0. The third kappa shape index (κ3) is 2.91. The highest BCUT2D eigenvalue weighted by Gasteiger charge is 2.72. The first kappa shape index (κ1) is 26.6. The zero-order chi connectivity index (χ0) is 26.7. The van der Waals surface area contributed by atoms with E-state index in [4.69, 9.17) is 0 Å². The first-order valence-electron chi connectivity index (χ1n) is 14.2. The highest BCUT2D eigenvalue weighted by Crippen LogP contribution is 2.76. The van der Waals surface area contributed by atoms with Crippen LogP contribution in [0.5, 0.6) is 0 Å². The number of aliphatic hydroxyl groups is 4. The number of hydrogen-bond acceptors (Lipinski definition) is 5. The van der Waals surface area contributed by atoms with Gasteiger partial charge in [0, 0.05) is 11.3 Å². The van der Waals surface area contributed by atoms with Crippen molar-refractivity contribution in [1.29, 1.82) is 0 Å². The third-order valence-corrected chi connectivity index (χ3v) is 13.6. The first-order chi connectivity index (χ1) is 16.6. The predicted molar refractivity (Wildman–Crippen MR) is 137 cm³/mol. The molecule has 0 amide bonds. The number of aliphatic carboxylic acids is 1. The van der Waals surface area contributed by atoms with Crippen LogP contribution in [-0.2, 0) is 4.79 Å². The molecule has 0 unspecified atom stereocenters. The Balaban J connectivity index is 1.65. The Labute approximate surface area is 216 Å². The molecule has 0 aromatic heterocycles. The van der Waals surface area contributed by atoms with Crippen molar-refractivity contribution in [3.8, 4) is 0 Å². The van der Waals surface area contributed by atoms with Gasteiger partial charge >= 0.3 is 5.97 Å². The van der Waals surface area contributed by atoms with Crippen LogP contribution in [0.1, 0.15) is 92.9 Å². The molecule has 204 valence electrons. The molecule has 0 bridgehead atoms. The molecule has 5 N–H and O–H groups in total. The van der Waals surface area contributed by atoms with Gasteiger partial charge in [-0.15, -0.1) is 0 Å². The molecule has 36 heavy (non-hydrogen) atoms. The van der Waals surface area contributed by atoms with E-state index in [-0.39, 0.29) is 40.6 Å². The molecule has 6 nitrogen and oxygen atoms in total. The maximum atomic E-state index is 12.8. The number of rotatable bonds is 2. The van der Waals surface area contributed by atoms with Crippen molar-refractivity contribution < 1.29 is 30.3 Å². The Morgan fingerprint density at radius 2 is 1.67 bits per heavy atom. The van der Waals surface area contributed by atoms with Crippen LogP contribution in [0.15, 0.2) is 11.6 Å². The fraction of sp³-hybridized carbons (Fsp3) is 0.900. The molecule has 4 saturated carbocycles. The van der Waals surface area contributed by atoms with Crippen molar-refractivity contribution in [2.24, 2.45) is 50.7 Å². The van der Waals surface area contributed by atoms with Gasteiger partial charge in [-0.1, -0.05) is 46.3 Å². The van der Waals surface area contributed by atoms with Gasteiger partial charge in [-0.05, 0) is 92.3 Å². The fourth-order valence-corrected chi connectivity index (χ4v) is 11.0. The topological polar surface area (TPSA) is 118 Å². The van der Waals surface area contributed by atoms with E-state index in [1.54, 1.807) is 0 Å². The van der Waals surface area contributed by atoms with Gasteiger partial charge in [-0.25, -0.2) is 0 Å². The van der Waals surface area contributed by atoms with E-state index in [9.17, 15) is 30.3 Å². The summed E-state index contributed by atoms with van der Waals surface area (Å²) in [5.74, 6) is -0.834. The zero-order valence-corrected chi connectivity index (χ0v) is 23.0. The summed E-state index contributed by atoms with van der Waals surface area (Å²) in [5, 5.41) is 54.8. The zero-order valence-electron chi connectivity index (χ0n) is 23.0. The highest BCUT2D eigenvalue weighted by molar-refractivity contribution is 5.77. The number of aliphatic hydroxyl groups excluding tert-OH is 3. The summed E-state index contributed by atoms with van der Waals surface area (Å²) >= 11 is 0. The largest absolute Gasteiger partial charge is 0.481 e. The lowest BCUT2D eigenvalue weighted by atomic mass is 9.33. The SMILES string of the molecule is C[C@@H]1CC[C@]2(C(=O)O)CC[C@]3(C)C(=CC[C@@H]4[C@@]5(C)C[C@@H](O)[C@@H](O)[C@@](C)(CO)[C@H]5CC[C@]43C)[C@@H]2[C@]1(C)O. The Morgan fingerprint density at radius 3 is 2.28 bits per heavy atom. The number of carboxylic acid groups (broad SMARTS) is 1. The van der Waals surface area contributed by atoms with Crippen molar-refractivity contribution in [1.82, 2.24) is 0 Å². The molecular weight excluding hydrogens is 456 g/mol. The minimum Gasteiger partial charge on any atom is -0.481 e. The molecule has 0 aromatic rings. The van der Waals surface area contributed by atoms with E-state index < -0.39 is 40.5 Å². The van der Waals surface area contributed by atoms with Crippen molar-refractivity contribution in [2.45, 2.75) is 111 Å². The molecule has 5 aliphatic rings. The van der Waals surface area contributed by atoms with Crippen molar-refractivity contribution >= 4 is 5.97 Å². The molecule has 0 aliphatic heterocycles. The monoisotopic (exact) mass is 504 g/mol. The highest BCUT2D eigenvalue weighted by atomic mass is 16.4. The molecule has 0 heterocycles. The van der Waals surface area contributed by atoms with Gasteiger partial charge in [0.2, 0.25) is 0 Å². The van der Waals surface area contributed by atoms with Gasteiger partial charge < -0.3 is 25.5 Å². The van der Waals surface area contributed by atoms with Gasteiger partial charge in [0.05, 0.1) is 29.8 Å². The van der Waals surface area contributed by atoms with Gasteiger partial charge in [0.1, 0.15) is 0 Å². The molecule has 0 radical (unpaired) electrons. The van der Waals surface area contributed by atoms with Crippen LogP contribution in [0.25, 0.3) is 0 Å². The quantitative estimate of drug-likeness (QED) is 0.361. The Kier molecular flexibility index (Phi) is 5.77. The molecule has 0 aromatic carbocycles. The van der Waals surface area contributed by atoms with Gasteiger partial charge in [0.25, 0.3) is 0 Å². The lowest BCUT2D eigenvalue weighted by Crippen LogP contribution is -2.69. The van der Waals surface area contributed by atoms with E-state index >= 15 is 0 Å². The second kappa shape index (κ2) is 7.80. The predicted octanol–water partition coefficient (Wildman–Crippen LogP) is 4.15. The minimum atomic E-state index is -1.09.